The number of carbonyl (C=O) groups is 2. The quantitative estimate of drug-likeness (QED) is 0.332. The normalized spacial score (nSPS) is 13.5. The number of ketones is 1. The highest BCUT2D eigenvalue weighted by atomic mass is 19.1. The molecule has 0 aromatic carbocycles. The van der Waals surface area contributed by atoms with Gasteiger partial charge in [0.05, 0.1) is 24.1 Å². The largest absolute Gasteiger partial charge is 0.443 e. The minimum Gasteiger partial charge on any atom is -0.443 e. The lowest BCUT2D eigenvalue weighted by atomic mass is 10.2. The molecule has 13 nitrogen and oxygen atoms in total. The fourth-order valence-electron chi connectivity index (χ4n) is 3.70. The molecule has 1 fully saturated rings. The minimum atomic E-state index is -0.752. The first-order valence-electron chi connectivity index (χ1n) is 12.3. The minimum absolute atomic E-state index is 0.0884. The maximum Gasteiger partial charge on any atom is 0.415 e. The molecule has 1 aliphatic rings. The van der Waals surface area contributed by atoms with Gasteiger partial charge in [0.25, 0.3) is 0 Å². The lowest BCUT2D eigenvalue weighted by molar-refractivity contribution is 0.0587. The number of aromatic nitrogens is 7. The second-order valence-electron chi connectivity index (χ2n) is 10.1. The molecule has 1 N–H and O–H groups in total. The summed E-state index contributed by atoms with van der Waals surface area (Å²) >= 11 is 0. The summed E-state index contributed by atoms with van der Waals surface area (Å²) in [6.45, 7) is 5.11. The summed E-state index contributed by atoms with van der Waals surface area (Å²) in [5, 5.41) is 15.3. The summed E-state index contributed by atoms with van der Waals surface area (Å²) in [4.78, 5) is 37.0. The zero-order valence-electron chi connectivity index (χ0n) is 22.2. The molecule has 0 saturated heterocycles. The Labute approximate surface area is 222 Å². The highest BCUT2D eigenvalue weighted by molar-refractivity contribution is 6.02. The number of fused-ring (bicyclic) bond motifs is 1. The van der Waals surface area contributed by atoms with E-state index in [-0.39, 0.29) is 52.7 Å². The zero-order chi connectivity index (χ0) is 27.9. The molecule has 0 atom stereocenters. The Bertz CT molecular complexity index is 1550. The van der Waals surface area contributed by atoms with E-state index in [1.54, 1.807) is 27.8 Å². The number of nitrogens with one attached hydrogen (secondary N) is 1. The lowest BCUT2D eigenvalue weighted by Gasteiger charge is -2.25. The van der Waals surface area contributed by atoms with E-state index in [0.717, 1.165) is 12.8 Å². The van der Waals surface area contributed by atoms with Crippen molar-refractivity contribution >= 4 is 35.0 Å². The molecular formula is C25H28FN9O4. The molecule has 0 spiro atoms. The molecule has 39 heavy (non-hydrogen) atoms. The molecule has 204 valence electrons. The molecule has 4 aromatic rings. The van der Waals surface area contributed by atoms with E-state index in [1.807, 2.05) is 0 Å². The first-order chi connectivity index (χ1) is 18.5. The standard InChI is InChI=1S/C25H28FN9O4/c1-25(2,3)39-24(37)33(4)20-10-19(30-22-21(26)15(8-9-27-22)17-12-28-34(5)32-17)31-23-16(11-29-35(20)23)18(36)13-38-14-6-7-14/h8-12,14H,6-7,13H2,1-5H3,(H,27,30,31). The molecule has 4 aromatic heterocycles. The number of anilines is 3. The third-order valence-corrected chi connectivity index (χ3v) is 5.75. The molecular weight excluding hydrogens is 509 g/mol. The van der Waals surface area contributed by atoms with E-state index >= 15 is 4.39 Å². The summed E-state index contributed by atoms with van der Waals surface area (Å²) in [6, 6.07) is 2.96. The average molecular weight is 538 g/mol. The summed E-state index contributed by atoms with van der Waals surface area (Å²) in [5.41, 5.74) is 0.108. The van der Waals surface area contributed by atoms with Crippen molar-refractivity contribution in [2.24, 2.45) is 7.05 Å². The summed E-state index contributed by atoms with van der Waals surface area (Å²) in [7, 11) is 3.13. The van der Waals surface area contributed by atoms with E-state index in [1.165, 1.54) is 52.0 Å². The predicted molar refractivity (Wildman–Crippen MR) is 138 cm³/mol. The number of nitrogens with zero attached hydrogens (tertiary/aromatic N) is 8. The van der Waals surface area contributed by atoms with Crippen LogP contribution in [0.5, 0.6) is 0 Å². The molecule has 1 saturated carbocycles. The van der Waals surface area contributed by atoms with Crippen molar-refractivity contribution in [1.82, 2.24) is 34.6 Å². The van der Waals surface area contributed by atoms with Crippen molar-refractivity contribution in [1.29, 1.82) is 0 Å². The number of rotatable bonds is 8. The number of pyridine rings is 1. The Hall–Kier alpha value is -4.46. The number of hydrogen-bond donors (Lipinski definition) is 1. The second kappa shape index (κ2) is 10.0. The molecule has 5 rings (SSSR count). The highest BCUT2D eigenvalue weighted by Crippen LogP contribution is 2.29. The molecule has 1 amide bonds. The average Bonchev–Trinajstić information content (AvgIpc) is 3.45. The highest BCUT2D eigenvalue weighted by Gasteiger charge is 2.27. The molecule has 0 unspecified atom stereocenters. The molecule has 0 aliphatic heterocycles. The Morgan fingerprint density at radius 2 is 2.00 bits per heavy atom. The van der Waals surface area contributed by atoms with Gasteiger partial charge in [0.15, 0.2) is 23.1 Å². The van der Waals surface area contributed by atoms with Gasteiger partial charge in [-0.25, -0.2) is 19.2 Å². The van der Waals surface area contributed by atoms with Gasteiger partial charge < -0.3 is 14.8 Å². The SMILES string of the molecule is CN(C(=O)OC(C)(C)C)c1cc(Nc2nccc(-c3cnn(C)n3)c2F)nc2c(C(=O)COC3CC3)cnn12. The van der Waals surface area contributed by atoms with Gasteiger partial charge in [-0.2, -0.15) is 24.6 Å². The van der Waals surface area contributed by atoms with Crippen molar-refractivity contribution in [3.8, 4) is 11.3 Å². The van der Waals surface area contributed by atoms with Crippen molar-refractivity contribution in [3.63, 3.8) is 0 Å². The maximum absolute atomic E-state index is 15.5. The van der Waals surface area contributed by atoms with Gasteiger partial charge in [-0.3, -0.25) is 9.69 Å². The fraction of sp³-hybridized carbons (Fsp3) is 0.400. The third-order valence-electron chi connectivity index (χ3n) is 5.75. The monoisotopic (exact) mass is 537 g/mol. The van der Waals surface area contributed by atoms with Crippen LogP contribution in [0.3, 0.4) is 0 Å². The van der Waals surface area contributed by atoms with Gasteiger partial charge in [0.1, 0.15) is 29.5 Å². The molecule has 4 heterocycles. The Balaban J connectivity index is 1.55. The van der Waals surface area contributed by atoms with Crippen LogP contribution in [-0.4, -0.2) is 71.8 Å². The number of amides is 1. The number of Topliss-reactive ketones (excluding diaryl/α,β-unsaturated/α-hetero) is 1. The Morgan fingerprint density at radius 1 is 1.23 bits per heavy atom. The first kappa shape index (κ1) is 26.2. The molecule has 0 bridgehead atoms. The van der Waals surface area contributed by atoms with Crippen LogP contribution < -0.4 is 10.2 Å². The van der Waals surface area contributed by atoms with Crippen LogP contribution in [0.25, 0.3) is 16.9 Å². The molecule has 14 heteroatoms. The third kappa shape index (κ3) is 5.70. The van der Waals surface area contributed by atoms with Crippen LogP contribution in [0, 0.1) is 5.82 Å². The summed E-state index contributed by atoms with van der Waals surface area (Å²) in [5.74, 6) is -0.784. The lowest BCUT2D eigenvalue weighted by Crippen LogP contribution is -2.35. The van der Waals surface area contributed by atoms with Crippen LogP contribution >= 0.6 is 0 Å². The second-order valence-corrected chi connectivity index (χ2v) is 10.1. The van der Waals surface area contributed by atoms with Crippen LogP contribution in [0.1, 0.15) is 44.0 Å². The zero-order valence-corrected chi connectivity index (χ0v) is 22.2. The number of aryl methyl sites for hydroxylation is 1. The first-order valence-corrected chi connectivity index (χ1v) is 12.3. The maximum atomic E-state index is 15.5. The smallest absolute Gasteiger partial charge is 0.415 e. The summed E-state index contributed by atoms with van der Waals surface area (Å²) in [6.07, 6.45) is 5.50. The molecule has 1 aliphatic carbocycles. The van der Waals surface area contributed by atoms with Gasteiger partial charge in [0.2, 0.25) is 0 Å². The van der Waals surface area contributed by atoms with Crippen LogP contribution in [0.15, 0.2) is 30.7 Å². The van der Waals surface area contributed by atoms with Gasteiger partial charge in [-0.1, -0.05) is 0 Å². The number of carbonyl (C=O) groups excluding carboxylic acids is 2. The van der Waals surface area contributed by atoms with Crippen molar-refractivity contribution in [2.75, 3.05) is 23.9 Å². The van der Waals surface area contributed by atoms with Gasteiger partial charge in [-0.15, -0.1) is 0 Å². The van der Waals surface area contributed by atoms with E-state index in [9.17, 15) is 9.59 Å². The number of halogens is 1. The van der Waals surface area contributed by atoms with Crippen LogP contribution in [0.2, 0.25) is 0 Å². The van der Waals surface area contributed by atoms with E-state index in [2.05, 4.69) is 30.6 Å². The summed E-state index contributed by atoms with van der Waals surface area (Å²) < 4.78 is 27.9. The van der Waals surface area contributed by atoms with Crippen molar-refractivity contribution < 1.29 is 23.5 Å². The predicted octanol–water partition coefficient (Wildman–Crippen LogP) is 3.54. The fourth-order valence-corrected chi connectivity index (χ4v) is 3.70. The van der Waals surface area contributed by atoms with Crippen molar-refractivity contribution in [3.05, 3.63) is 42.1 Å². The van der Waals surface area contributed by atoms with E-state index < -0.39 is 17.5 Å². The van der Waals surface area contributed by atoms with Crippen molar-refractivity contribution in [2.45, 2.75) is 45.3 Å². The molecule has 0 radical (unpaired) electrons. The number of hydrogen-bond acceptors (Lipinski definition) is 10. The van der Waals surface area contributed by atoms with E-state index in [0.29, 0.717) is 5.69 Å². The van der Waals surface area contributed by atoms with Gasteiger partial charge >= 0.3 is 6.09 Å². The van der Waals surface area contributed by atoms with E-state index in [4.69, 9.17) is 9.47 Å². The number of ether oxygens (including phenoxy) is 2. The topological polar surface area (TPSA) is 142 Å². The van der Waals surface area contributed by atoms with Gasteiger partial charge in [0, 0.05) is 31.9 Å². The Kier molecular flexibility index (Phi) is 6.72. The van der Waals surface area contributed by atoms with Gasteiger partial charge in [-0.05, 0) is 39.7 Å². The van der Waals surface area contributed by atoms with Crippen LogP contribution in [-0.2, 0) is 16.5 Å². The van der Waals surface area contributed by atoms with Crippen LogP contribution in [0.4, 0.5) is 26.6 Å². The Morgan fingerprint density at radius 3 is 2.67 bits per heavy atom.